The number of phenols is 1. The summed E-state index contributed by atoms with van der Waals surface area (Å²) in [6.07, 6.45) is 0. The molecule has 2 aromatic rings. The molecule has 1 amide bonds. The van der Waals surface area contributed by atoms with E-state index in [1.165, 1.54) is 18.2 Å². The lowest BCUT2D eigenvalue weighted by atomic mass is 10.1. The average Bonchev–Trinajstić information content (AvgIpc) is 2.48. The Kier molecular flexibility index (Phi) is 5.29. The zero-order valence-corrected chi connectivity index (χ0v) is 13.7. The summed E-state index contributed by atoms with van der Waals surface area (Å²) in [4.78, 5) is 12.0. The van der Waals surface area contributed by atoms with Crippen molar-refractivity contribution in [1.82, 2.24) is 5.43 Å². The van der Waals surface area contributed by atoms with E-state index in [1.54, 1.807) is 25.1 Å². The number of halogens is 3. The van der Waals surface area contributed by atoms with Gasteiger partial charge in [0.15, 0.2) is 0 Å². The first-order chi connectivity index (χ1) is 10.4. The number of nitrogens with one attached hydrogen (secondary N) is 1. The van der Waals surface area contributed by atoms with E-state index in [2.05, 4.69) is 10.5 Å². The normalized spacial score (nSPS) is 11.4. The molecule has 0 aromatic heterocycles. The number of amides is 1. The SMILES string of the molecule is CC(=NNC(=O)c1cccc(Cl)c1)c1cc(Cl)cc(Cl)c1O. The number of carbonyl (C=O) groups is 1. The monoisotopic (exact) mass is 356 g/mol. The quantitative estimate of drug-likeness (QED) is 0.627. The minimum absolute atomic E-state index is 0.109. The van der Waals surface area contributed by atoms with Gasteiger partial charge in [0, 0.05) is 21.2 Å². The highest BCUT2D eigenvalue weighted by Gasteiger charge is 2.11. The van der Waals surface area contributed by atoms with Crippen LogP contribution in [0.25, 0.3) is 0 Å². The molecule has 0 saturated carbocycles. The lowest BCUT2D eigenvalue weighted by Crippen LogP contribution is -2.19. The van der Waals surface area contributed by atoms with Gasteiger partial charge < -0.3 is 5.11 Å². The van der Waals surface area contributed by atoms with E-state index in [1.807, 2.05) is 0 Å². The van der Waals surface area contributed by atoms with E-state index in [-0.39, 0.29) is 10.8 Å². The highest BCUT2D eigenvalue weighted by Crippen LogP contribution is 2.31. The van der Waals surface area contributed by atoms with Crippen molar-refractivity contribution < 1.29 is 9.90 Å². The molecule has 0 aliphatic rings. The van der Waals surface area contributed by atoms with Crippen molar-refractivity contribution in [3.05, 3.63) is 62.6 Å². The van der Waals surface area contributed by atoms with Crippen molar-refractivity contribution in [1.29, 1.82) is 0 Å². The number of rotatable bonds is 3. The van der Waals surface area contributed by atoms with Gasteiger partial charge in [-0.25, -0.2) is 5.43 Å². The number of nitrogens with zero attached hydrogens (tertiary/aromatic N) is 1. The zero-order valence-electron chi connectivity index (χ0n) is 11.4. The second-order valence-corrected chi connectivity index (χ2v) is 5.71. The molecule has 0 spiro atoms. The van der Waals surface area contributed by atoms with Gasteiger partial charge in [0.25, 0.3) is 5.91 Å². The van der Waals surface area contributed by atoms with Crippen LogP contribution in [0.3, 0.4) is 0 Å². The van der Waals surface area contributed by atoms with Crippen molar-refractivity contribution in [3.63, 3.8) is 0 Å². The van der Waals surface area contributed by atoms with Crippen LogP contribution in [-0.2, 0) is 0 Å². The maximum atomic E-state index is 12.0. The van der Waals surface area contributed by atoms with E-state index in [4.69, 9.17) is 34.8 Å². The summed E-state index contributed by atoms with van der Waals surface area (Å²) >= 11 is 17.6. The fourth-order valence-corrected chi connectivity index (χ4v) is 2.41. The highest BCUT2D eigenvalue weighted by molar-refractivity contribution is 6.36. The lowest BCUT2D eigenvalue weighted by molar-refractivity contribution is 0.0955. The van der Waals surface area contributed by atoms with E-state index in [0.29, 0.717) is 26.9 Å². The fourth-order valence-electron chi connectivity index (χ4n) is 1.73. The number of aromatic hydroxyl groups is 1. The zero-order chi connectivity index (χ0) is 16.3. The third-order valence-electron chi connectivity index (χ3n) is 2.83. The number of hydrogen-bond donors (Lipinski definition) is 2. The van der Waals surface area contributed by atoms with Crippen LogP contribution in [0, 0.1) is 0 Å². The third-order valence-corrected chi connectivity index (χ3v) is 3.57. The molecule has 7 heteroatoms. The van der Waals surface area contributed by atoms with Crippen molar-refractivity contribution in [3.8, 4) is 5.75 Å². The first-order valence-electron chi connectivity index (χ1n) is 6.17. The number of benzene rings is 2. The van der Waals surface area contributed by atoms with Gasteiger partial charge in [-0.1, -0.05) is 40.9 Å². The molecule has 2 aromatic carbocycles. The summed E-state index contributed by atoms with van der Waals surface area (Å²) in [5.74, 6) is -0.571. The molecule has 0 aliphatic heterocycles. The van der Waals surface area contributed by atoms with Crippen molar-refractivity contribution >= 4 is 46.4 Å². The van der Waals surface area contributed by atoms with Crippen LogP contribution in [0.15, 0.2) is 41.5 Å². The Labute approximate surface area is 142 Å². The predicted octanol–water partition coefficient (Wildman–Crippen LogP) is 4.51. The number of hydrogen-bond acceptors (Lipinski definition) is 3. The van der Waals surface area contributed by atoms with E-state index < -0.39 is 5.91 Å². The summed E-state index contributed by atoms with van der Waals surface area (Å²) in [6.45, 7) is 1.61. The molecule has 0 atom stereocenters. The average molecular weight is 358 g/mol. The third kappa shape index (κ3) is 3.91. The van der Waals surface area contributed by atoms with Crippen LogP contribution in [0.2, 0.25) is 15.1 Å². The molecule has 0 heterocycles. The van der Waals surface area contributed by atoms with Crippen molar-refractivity contribution in [2.24, 2.45) is 5.10 Å². The first kappa shape index (κ1) is 16.6. The summed E-state index contributed by atoms with van der Waals surface area (Å²) in [6, 6.07) is 9.39. The Hall–Kier alpha value is -1.75. The van der Waals surface area contributed by atoms with E-state index >= 15 is 0 Å². The second-order valence-electron chi connectivity index (χ2n) is 4.43. The molecule has 114 valence electrons. The largest absolute Gasteiger partial charge is 0.506 e. The van der Waals surface area contributed by atoms with Crippen molar-refractivity contribution in [2.75, 3.05) is 0 Å². The Morgan fingerprint density at radius 3 is 2.55 bits per heavy atom. The molecule has 0 bridgehead atoms. The van der Waals surface area contributed by atoms with E-state index in [9.17, 15) is 9.90 Å². The molecular weight excluding hydrogens is 347 g/mol. The van der Waals surface area contributed by atoms with Gasteiger partial charge in [0.2, 0.25) is 0 Å². The van der Waals surface area contributed by atoms with E-state index in [0.717, 1.165) is 0 Å². The van der Waals surface area contributed by atoms with Crippen LogP contribution in [0.4, 0.5) is 0 Å². The van der Waals surface area contributed by atoms with Crippen LogP contribution in [0.1, 0.15) is 22.8 Å². The smallest absolute Gasteiger partial charge is 0.271 e. The topological polar surface area (TPSA) is 61.7 Å². The van der Waals surface area contributed by atoms with Crippen LogP contribution < -0.4 is 5.43 Å². The Morgan fingerprint density at radius 2 is 1.86 bits per heavy atom. The first-order valence-corrected chi connectivity index (χ1v) is 7.30. The Morgan fingerprint density at radius 1 is 1.14 bits per heavy atom. The standard InChI is InChI=1S/C15H11Cl3N2O2/c1-8(12-6-11(17)7-13(18)14(12)21)19-20-15(22)9-3-2-4-10(16)5-9/h2-7,21H,1H3,(H,20,22). The minimum Gasteiger partial charge on any atom is -0.506 e. The van der Waals surface area contributed by atoms with Crippen LogP contribution >= 0.6 is 34.8 Å². The maximum absolute atomic E-state index is 12.0. The van der Waals surface area contributed by atoms with Gasteiger partial charge in [-0.2, -0.15) is 5.10 Å². The lowest BCUT2D eigenvalue weighted by Gasteiger charge is -2.07. The minimum atomic E-state index is -0.422. The molecule has 0 fully saturated rings. The maximum Gasteiger partial charge on any atom is 0.271 e. The summed E-state index contributed by atoms with van der Waals surface area (Å²) in [5, 5.41) is 14.8. The molecule has 4 nitrogen and oxygen atoms in total. The molecule has 2 rings (SSSR count). The second kappa shape index (κ2) is 7.01. The molecule has 0 aliphatic carbocycles. The summed E-state index contributed by atoms with van der Waals surface area (Å²) < 4.78 is 0. The number of phenolic OH excluding ortho intramolecular Hbond substituents is 1. The van der Waals surface area contributed by atoms with Gasteiger partial charge in [-0.05, 0) is 37.3 Å². The molecule has 0 saturated heterocycles. The molecular formula is C15H11Cl3N2O2. The highest BCUT2D eigenvalue weighted by atomic mass is 35.5. The summed E-state index contributed by atoms with van der Waals surface area (Å²) in [7, 11) is 0. The molecule has 2 N–H and O–H groups in total. The predicted molar refractivity (Wildman–Crippen MR) is 89.3 cm³/mol. The van der Waals surface area contributed by atoms with Gasteiger partial charge in [0.05, 0.1) is 10.7 Å². The molecule has 22 heavy (non-hydrogen) atoms. The Balaban J connectivity index is 2.22. The summed E-state index contributed by atoms with van der Waals surface area (Å²) in [5.41, 5.74) is 3.45. The molecule has 0 unspecified atom stereocenters. The number of carbonyl (C=O) groups excluding carboxylic acids is 1. The Bertz CT molecular complexity index is 760. The van der Waals surface area contributed by atoms with Crippen LogP contribution in [0.5, 0.6) is 5.75 Å². The number of hydrazone groups is 1. The van der Waals surface area contributed by atoms with Gasteiger partial charge in [0.1, 0.15) is 5.75 Å². The van der Waals surface area contributed by atoms with Crippen LogP contribution in [-0.4, -0.2) is 16.7 Å². The van der Waals surface area contributed by atoms with Gasteiger partial charge >= 0.3 is 0 Å². The van der Waals surface area contributed by atoms with Crippen molar-refractivity contribution in [2.45, 2.75) is 6.92 Å². The van der Waals surface area contributed by atoms with Gasteiger partial charge in [-0.3, -0.25) is 4.79 Å². The molecule has 0 radical (unpaired) electrons. The van der Waals surface area contributed by atoms with Gasteiger partial charge in [-0.15, -0.1) is 0 Å². The fraction of sp³-hybridized carbons (Fsp3) is 0.0667.